The van der Waals surface area contributed by atoms with Gasteiger partial charge in [-0.1, -0.05) is 49.4 Å². The number of hydrogen-bond acceptors (Lipinski definition) is 1. The molecule has 2 nitrogen and oxygen atoms in total. The minimum atomic E-state index is -0.869. The van der Waals surface area contributed by atoms with Crippen LogP contribution in [-0.2, 0) is 0 Å². The summed E-state index contributed by atoms with van der Waals surface area (Å²) < 4.78 is 0. The Balaban J connectivity index is 2.50. The van der Waals surface area contributed by atoms with Gasteiger partial charge in [-0.05, 0) is 29.7 Å². The molecular formula is C16H16O2. The predicted octanol–water partition coefficient (Wildman–Crippen LogP) is 3.85. The van der Waals surface area contributed by atoms with Gasteiger partial charge in [0.1, 0.15) is 0 Å². The van der Waals surface area contributed by atoms with Crippen molar-refractivity contribution in [1.82, 2.24) is 0 Å². The van der Waals surface area contributed by atoms with Crippen molar-refractivity contribution in [3.05, 3.63) is 70.8 Å². The summed E-state index contributed by atoms with van der Waals surface area (Å²) in [5, 5.41) is 9.23. The standard InChI is InChI=1S/C16H16O2/c1-11-7-3-4-8-13(11)12(2)14-9-5-6-10-15(14)16(17)18/h3-10,12H,1-2H3,(H,17,18)/t12-/m0/s1. The Labute approximate surface area is 107 Å². The maximum Gasteiger partial charge on any atom is 0.335 e. The average molecular weight is 240 g/mol. The zero-order valence-corrected chi connectivity index (χ0v) is 10.6. The number of aryl methyl sites for hydroxylation is 1. The van der Waals surface area contributed by atoms with Crippen molar-refractivity contribution in [3.8, 4) is 0 Å². The second-order valence-electron chi connectivity index (χ2n) is 4.47. The molecule has 2 rings (SSSR count). The molecule has 0 radical (unpaired) electrons. The fourth-order valence-electron chi connectivity index (χ4n) is 2.31. The number of carboxylic acid groups (broad SMARTS) is 1. The molecule has 0 saturated carbocycles. The molecule has 2 aromatic carbocycles. The number of hydrogen-bond donors (Lipinski definition) is 1. The van der Waals surface area contributed by atoms with Crippen molar-refractivity contribution in [1.29, 1.82) is 0 Å². The van der Waals surface area contributed by atoms with Crippen LogP contribution in [0, 0.1) is 6.92 Å². The molecule has 0 heterocycles. The first-order chi connectivity index (χ1) is 8.61. The Morgan fingerprint density at radius 3 is 2.17 bits per heavy atom. The zero-order valence-electron chi connectivity index (χ0n) is 10.6. The number of carbonyl (C=O) groups is 1. The Bertz CT molecular complexity index is 573. The third-order valence-electron chi connectivity index (χ3n) is 3.31. The van der Waals surface area contributed by atoms with E-state index < -0.39 is 5.97 Å². The largest absolute Gasteiger partial charge is 0.478 e. The molecule has 0 bridgehead atoms. The molecule has 0 aliphatic carbocycles. The Morgan fingerprint density at radius 1 is 1.00 bits per heavy atom. The summed E-state index contributed by atoms with van der Waals surface area (Å²) >= 11 is 0. The SMILES string of the molecule is Cc1ccccc1[C@H](C)c1ccccc1C(=O)O. The fourth-order valence-corrected chi connectivity index (χ4v) is 2.31. The monoisotopic (exact) mass is 240 g/mol. The van der Waals surface area contributed by atoms with Gasteiger partial charge < -0.3 is 5.11 Å². The van der Waals surface area contributed by atoms with Gasteiger partial charge >= 0.3 is 5.97 Å². The van der Waals surface area contributed by atoms with Gasteiger partial charge in [-0.3, -0.25) is 0 Å². The molecule has 0 aliphatic heterocycles. The molecule has 0 spiro atoms. The minimum Gasteiger partial charge on any atom is -0.478 e. The van der Waals surface area contributed by atoms with E-state index in [2.05, 4.69) is 19.1 Å². The second-order valence-corrected chi connectivity index (χ2v) is 4.47. The van der Waals surface area contributed by atoms with Crippen LogP contribution in [0.25, 0.3) is 0 Å². The van der Waals surface area contributed by atoms with E-state index in [1.54, 1.807) is 12.1 Å². The lowest BCUT2D eigenvalue weighted by Crippen LogP contribution is -2.07. The molecular weight excluding hydrogens is 224 g/mol. The van der Waals surface area contributed by atoms with E-state index in [0.717, 1.165) is 5.56 Å². The van der Waals surface area contributed by atoms with Crippen LogP contribution in [0.1, 0.15) is 39.9 Å². The van der Waals surface area contributed by atoms with Crippen molar-refractivity contribution >= 4 is 5.97 Å². The van der Waals surface area contributed by atoms with E-state index >= 15 is 0 Å². The molecule has 0 fully saturated rings. The molecule has 18 heavy (non-hydrogen) atoms. The van der Waals surface area contributed by atoms with Crippen molar-refractivity contribution in [2.45, 2.75) is 19.8 Å². The van der Waals surface area contributed by atoms with Gasteiger partial charge in [0, 0.05) is 5.92 Å². The van der Waals surface area contributed by atoms with E-state index in [4.69, 9.17) is 0 Å². The van der Waals surface area contributed by atoms with Crippen LogP contribution in [-0.4, -0.2) is 11.1 Å². The van der Waals surface area contributed by atoms with E-state index in [1.807, 2.05) is 31.2 Å². The lowest BCUT2D eigenvalue weighted by Gasteiger charge is -2.17. The zero-order chi connectivity index (χ0) is 13.1. The van der Waals surface area contributed by atoms with Crippen LogP contribution in [0.5, 0.6) is 0 Å². The van der Waals surface area contributed by atoms with E-state index in [-0.39, 0.29) is 5.92 Å². The minimum absolute atomic E-state index is 0.0819. The quantitative estimate of drug-likeness (QED) is 0.884. The first kappa shape index (κ1) is 12.4. The molecule has 1 atom stereocenters. The summed E-state index contributed by atoms with van der Waals surface area (Å²) in [4.78, 5) is 11.2. The van der Waals surface area contributed by atoms with Crippen LogP contribution < -0.4 is 0 Å². The normalized spacial score (nSPS) is 12.1. The highest BCUT2D eigenvalue weighted by Crippen LogP contribution is 2.28. The molecule has 1 N–H and O–H groups in total. The van der Waals surface area contributed by atoms with Crippen LogP contribution in [0.2, 0.25) is 0 Å². The molecule has 92 valence electrons. The summed E-state index contributed by atoms with van der Waals surface area (Å²) in [6, 6.07) is 15.3. The van der Waals surface area contributed by atoms with Gasteiger partial charge in [0.2, 0.25) is 0 Å². The molecule has 0 saturated heterocycles. The number of benzene rings is 2. The first-order valence-corrected chi connectivity index (χ1v) is 5.99. The Morgan fingerprint density at radius 2 is 1.56 bits per heavy atom. The highest BCUT2D eigenvalue weighted by molar-refractivity contribution is 5.89. The van der Waals surface area contributed by atoms with Crippen LogP contribution in [0.3, 0.4) is 0 Å². The Hall–Kier alpha value is -2.09. The first-order valence-electron chi connectivity index (χ1n) is 5.99. The number of aromatic carboxylic acids is 1. The number of rotatable bonds is 3. The molecule has 0 aliphatic rings. The van der Waals surface area contributed by atoms with Gasteiger partial charge in [-0.2, -0.15) is 0 Å². The van der Waals surface area contributed by atoms with E-state index in [9.17, 15) is 9.90 Å². The average Bonchev–Trinajstić information content (AvgIpc) is 2.38. The summed E-state index contributed by atoms with van der Waals surface area (Å²) in [5.41, 5.74) is 3.60. The highest BCUT2D eigenvalue weighted by atomic mass is 16.4. The van der Waals surface area contributed by atoms with Crippen LogP contribution in [0.15, 0.2) is 48.5 Å². The Kier molecular flexibility index (Phi) is 3.47. The summed E-state index contributed by atoms with van der Waals surface area (Å²) in [6.07, 6.45) is 0. The van der Waals surface area contributed by atoms with Gasteiger partial charge in [0.05, 0.1) is 5.56 Å². The topological polar surface area (TPSA) is 37.3 Å². The molecule has 0 aromatic heterocycles. The fraction of sp³-hybridized carbons (Fsp3) is 0.188. The molecule has 2 aromatic rings. The maximum absolute atomic E-state index is 11.2. The number of carboxylic acids is 1. The lowest BCUT2D eigenvalue weighted by atomic mass is 9.87. The smallest absolute Gasteiger partial charge is 0.335 e. The van der Waals surface area contributed by atoms with Crippen molar-refractivity contribution in [3.63, 3.8) is 0 Å². The van der Waals surface area contributed by atoms with E-state index in [1.165, 1.54) is 11.1 Å². The van der Waals surface area contributed by atoms with Gasteiger partial charge in [-0.25, -0.2) is 4.79 Å². The lowest BCUT2D eigenvalue weighted by molar-refractivity contribution is 0.0695. The second kappa shape index (κ2) is 5.05. The summed E-state index contributed by atoms with van der Waals surface area (Å²) in [5.74, 6) is -0.787. The molecule has 0 amide bonds. The maximum atomic E-state index is 11.2. The molecule has 0 unspecified atom stereocenters. The van der Waals surface area contributed by atoms with Crippen molar-refractivity contribution in [2.24, 2.45) is 0 Å². The third-order valence-corrected chi connectivity index (χ3v) is 3.31. The van der Waals surface area contributed by atoms with Crippen molar-refractivity contribution in [2.75, 3.05) is 0 Å². The summed E-state index contributed by atoms with van der Waals surface area (Å²) in [6.45, 7) is 4.10. The van der Waals surface area contributed by atoms with Crippen LogP contribution >= 0.6 is 0 Å². The predicted molar refractivity (Wildman–Crippen MR) is 72.1 cm³/mol. The third kappa shape index (κ3) is 2.28. The highest BCUT2D eigenvalue weighted by Gasteiger charge is 2.17. The van der Waals surface area contributed by atoms with Crippen molar-refractivity contribution < 1.29 is 9.90 Å². The van der Waals surface area contributed by atoms with Gasteiger partial charge in [0.25, 0.3) is 0 Å². The summed E-state index contributed by atoms with van der Waals surface area (Å²) in [7, 11) is 0. The molecule has 2 heteroatoms. The van der Waals surface area contributed by atoms with E-state index in [0.29, 0.717) is 5.56 Å². The van der Waals surface area contributed by atoms with Gasteiger partial charge in [-0.15, -0.1) is 0 Å². The van der Waals surface area contributed by atoms with Gasteiger partial charge in [0.15, 0.2) is 0 Å². The van der Waals surface area contributed by atoms with Crippen LogP contribution in [0.4, 0.5) is 0 Å².